The molecule has 0 unspecified atom stereocenters. The number of fused-ring (bicyclic) bond motifs is 1. The number of amides is 1. The molecule has 106 valence electrons. The van der Waals surface area contributed by atoms with Crippen LogP contribution in [0.25, 0.3) is 11.0 Å². The van der Waals surface area contributed by atoms with Gasteiger partial charge in [-0.2, -0.15) is 0 Å². The fourth-order valence-corrected chi connectivity index (χ4v) is 2.47. The predicted octanol–water partition coefficient (Wildman–Crippen LogP) is 1.64. The number of nitrogens with one attached hydrogen (secondary N) is 2. The number of H-pyrrole nitrogens is 1. The van der Waals surface area contributed by atoms with Crippen molar-refractivity contribution in [2.24, 2.45) is 0 Å². The summed E-state index contributed by atoms with van der Waals surface area (Å²) in [7, 11) is 0. The molecule has 3 aromatic rings. The highest BCUT2D eigenvalue weighted by Gasteiger charge is 2.15. The van der Waals surface area contributed by atoms with Gasteiger partial charge in [-0.1, -0.05) is 11.3 Å². The Labute approximate surface area is 123 Å². The van der Waals surface area contributed by atoms with E-state index in [1.807, 2.05) is 6.92 Å². The Balaban J connectivity index is 2.00. The SMILES string of the molecule is Cc1ccc2c(=O)c(C(=O)Nc3nnc(C)s3)c[nH]c2n1. The van der Waals surface area contributed by atoms with Gasteiger partial charge in [-0.05, 0) is 26.0 Å². The Morgan fingerprint density at radius 1 is 1.29 bits per heavy atom. The van der Waals surface area contributed by atoms with E-state index in [0.29, 0.717) is 16.2 Å². The van der Waals surface area contributed by atoms with Gasteiger partial charge in [0.2, 0.25) is 10.6 Å². The lowest BCUT2D eigenvalue weighted by Crippen LogP contribution is -2.22. The minimum absolute atomic E-state index is 0.0148. The first-order valence-corrected chi connectivity index (χ1v) is 6.97. The standard InChI is InChI=1S/C13H11N5O2S/c1-6-3-4-8-10(19)9(5-14-11(8)15-6)12(20)16-13-18-17-7(2)21-13/h3-5H,1-2H3,(H,14,15,19)(H,16,18,20). The van der Waals surface area contributed by atoms with Gasteiger partial charge in [-0.15, -0.1) is 10.2 Å². The average Bonchev–Trinajstić information content (AvgIpc) is 2.84. The smallest absolute Gasteiger partial charge is 0.262 e. The molecule has 2 N–H and O–H groups in total. The van der Waals surface area contributed by atoms with Crippen molar-refractivity contribution >= 4 is 33.4 Å². The maximum Gasteiger partial charge on any atom is 0.262 e. The molecule has 7 nitrogen and oxygen atoms in total. The van der Waals surface area contributed by atoms with Crippen LogP contribution in [0.2, 0.25) is 0 Å². The van der Waals surface area contributed by atoms with Gasteiger partial charge in [-0.3, -0.25) is 14.9 Å². The summed E-state index contributed by atoms with van der Waals surface area (Å²) in [5, 5.41) is 11.6. The molecule has 3 heterocycles. The third-order valence-electron chi connectivity index (χ3n) is 2.87. The van der Waals surface area contributed by atoms with Crippen molar-refractivity contribution < 1.29 is 4.79 Å². The molecule has 0 aromatic carbocycles. The van der Waals surface area contributed by atoms with Crippen molar-refractivity contribution in [3.05, 3.63) is 44.8 Å². The normalized spacial score (nSPS) is 10.8. The Hall–Kier alpha value is -2.61. The molecular weight excluding hydrogens is 290 g/mol. The molecule has 0 saturated heterocycles. The molecule has 0 aliphatic rings. The van der Waals surface area contributed by atoms with Crippen molar-refractivity contribution in [3.63, 3.8) is 0 Å². The van der Waals surface area contributed by atoms with Gasteiger partial charge in [0.05, 0.1) is 5.39 Å². The summed E-state index contributed by atoms with van der Waals surface area (Å²) < 4.78 is 0. The number of rotatable bonds is 2. The lowest BCUT2D eigenvalue weighted by molar-refractivity contribution is 0.102. The van der Waals surface area contributed by atoms with Crippen LogP contribution in [-0.2, 0) is 0 Å². The molecule has 8 heteroatoms. The first kappa shape index (κ1) is 13.4. The van der Waals surface area contributed by atoms with Gasteiger partial charge >= 0.3 is 0 Å². The van der Waals surface area contributed by atoms with Crippen molar-refractivity contribution in [2.75, 3.05) is 5.32 Å². The summed E-state index contributed by atoms with van der Waals surface area (Å²) in [6.45, 7) is 3.61. The van der Waals surface area contributed by atoms with E-state index >= 15 is 0 Å². The van der Waals surface area contributed by atoms with E-state index in [-0.39, 0.29) is 11.0 Å². The van der Waals surface area contributed by atoms with E-state index in [2.05, 4.69) is 25.5 Å². The van der Waals surface area contributed by atoms with Gasteiger partial charge < -0.3 is 4.98 Å². The van der Waals surface area contributed by atoms with Crippen LogP contribution >= 0.6 is 11.3 Å². The Bertz CT molecular complexity index is 899. The molecular formula is C13H11N5O2S. The summed E-state index contributed by atoms with van der Waals surface area (Å²) in [6, 6.07) is 3.38. The van der Waals surface area contributed by atoms with Crippen LogP contribution in [0.5, 0.6) is 0 Å². The summed E-state index contributed by atoms with van der Waals surface area (Å²) in [6.07, 6.45) is 1.36. The molecule has 0 spiro atoms. The zero-order valence-electron chi connectivity index (χ0n) is 11.3. The zero-order chi connectivity index (χ0) is 15.0. The highest BCUT2D eigenvalue weighted by Crippen LogP contribution is 2.14. The minimum atomic E-state index is -0.519. The molecule has 21 heavy (non-hydrogen) atoms. The highest BCUT2D eigenvalue weighted by atomic mass is 32.1. The molecule has 0 atom stereocenters. The van der Waals surface area contributed by atoms with E-state index in [1.165, 1.54) is 17.5 Å². The number of aryl methyl sites for hydroxylation is 2. The summed E-state index contributed by atoms with van der Waals surface area (Å²) in [5.41, 5.74) is 0.902. The Morgan fingerprint density at radius 2 is 2.10 bits per heavy atom. The van der Waals surface area contributed by atoms with Crippen LogP contribution in [-0.4, -0.2) is 26.1 Å². The zero-order valence-corrected chi connectivity index (χ0v) is 12.1. The number of carbonyl (C=O) groups is 1. The number of pyridine rings is 2. The lowest BCUT2D eigenvalue weighted by Gasteiger charge is -2.03. The van der Waals surface area contributed by atoms with Gasteiger partial charge in [-0.25, -0.2) is 4.98 Å². The van der Waals surface area contributed by atoms with Gasteiger partial charge in [0, 0.05) is 11.9 Å². The first-order valence-electron chi connectivity index (χ1n) is 6.15. The maximum atomic E-state index is 12.3. The third kappa shape index (κ3) is 2.52. The van der Waals surface area contributed by atoms with Crippen LogP contribution in [0.15, 0.2) is 23.1 Å². The van der Waals surface area contributed by atoms with Crippen LogP contribution in [0.1, 0.15) is 21.1 Å². The first-order chi connectivity index (χ1) is 10.0. The quantitative estimate of drug-likeness (QED) is 0.749. The third-order valence-corrected chi connectivity index (χ3v) is 3.62. The molecule has 0 aliphatic carbocycles. The predicted molar refractivity (Wildman–Crippen MR) is 79.7 cm³/mol. The lowest BCUT2D eigenvalue weighted by atomic mass is 10.2. The van der Waals surface area contributed by atoms with E-state index < -0.39 is 5.91 Å². The van der Waals surface area contributed by atoms with Gasteiger partial charge in [0.1, 0.15) is 16.2 Å². The second-order valence-corrected chi connectivity index (χ2v) is 5.64. The summed E-state index contributed by atoms with van der Waals surface area (Å²) in [5.74, 6) is -0.519. The van der Waals surface area contributed by atoms with Crippen LogP contribution in [0, 0.1) is 13.8 Å². The molecule has 3 rings (SSSR count). The molecule has 0 fully saturated rings. The van der Waals surface area contributed by atoms with Gasteiger partial charge in [0.25, 0.3) is 5.91 Å². The number of aromatic amines is 1. The van der Waals surface area contributed by atoms with E-state index in [1.54, 1.807) is 19.1 Å². The molecule has 0 aliphatic heterocycles. The fourth-order valence-electron chi connectivity index (χ4n) is 1.88. The summed E-state index contributed by atoms with van der Waals surface area (Å²) >= 11 is 1.24. The number of hydrogen-bond acceptors (Lipinski definition) is 6. The number of aromatic nitrogens is 4. The Morgan fingerprint density at radius 3 is 2.81 bits per heavy atom. The monoisotopic (exact) mass is 301 g/mol. The molecule has 3 aromatic heterocycles. The van der Waals surface area contributed by atoms with Crippen molar-refractivity contribution in [1.29, 1.82) is 0 Å². The second kappa shape index (κ2) is 5.06. The molecule has 0 saturated carbocycles. The summed E-state index contributed by atoms with van der Waals surface area (Å²) in [4.78, 5) is 31.6. The largest absolute Gasteiger partial charge is 0.345 e. The minimum Gasteiger partial charge on any atom is -0.345 e. The van der Waals surface area contributed by atoms with Crippen molar-refractivity contribution in [3.8, 4) is 0 Å². The van der Waals surface area contributed by atoms with Crippen LogP contribution < -0.4 is 10.7 Å². The Kier molecular flexibility index (Phi) is 3.22. The van der Waals surface area contributed by atoms with Crippen molar-refractivity contribution in [2.45, 2.75) is 13.8 Å². The number of nitrogens with zero attached hydrogens (tertiary/aromatic N) is 3. The maximum absolute atomic E-state index is 12.3. The van der Waals surface area contributed by atoms with E-state index in [0.717, 1.165) is 10.7 Å². The number of anilines is 1. The van der Waals surface area contributed by atoms with E-state index in [4.69, 9.17) is 0 Å². The topological polar surface area (TPSA) is 101 Å². The number of carbonyl (C=O) groups excluding carboxylic acids is 1. The van der Waals surface area contributed by atoms with Crippen molar-refractivity contribution in [1.82, 2.24) is 20.2 Å². The number of hydrogen-bond donors (Lipinski definition) is 2. The fraction of sp³-hybridized carbons (Fsp3) is 0.154. The van der Waals surface area contributed by atoms with Crippen LogP contribution in [0.3, 0.4) is 0 Å². The molecule has 1 amide bonds. The van der Waals surface area contributed by atoms with Gasteiger partial charge in [0.15, 0.2) is 0 Å². The second-order valence-electron chi connectivity index (χ2n) is 4.46. The molecule has 0 bridgehead atoms. The highest BCUT2D eigenvalue weighted by molar-refractivity contribution is 7.15. The van der Waals surface area contributed by atoms with Crippen LogP contribution in [0.4, 0.5) is 5.13 Å². The molecule has 0 radical (unpaired) electrons. The van der Waals surface area contributed by atoms with E-state index in [9.17, 15) is 9.59 Å². The average molecular weight is 301 g/mol.